The van der Waals surface area contributed by atoms with E-state index in [4.69, 9.17) is 39.5 Å². The maximum absolute atomic E-state index is 13.3. The number of rotatable bonds is 5. The number of piperidine rings is 1. The van der Waals surface area contributed by atoms with Crippen LogP contribution in [0.4, 0.5) is 0 Å². The van der Waals surface area contributed by atoms with Gasteiger partial charge in [-0.3, -0.25) is 24.5 Å². The Kier molecular flexibility index (Phi) is 6.60. The molecule has 3 amide bonds. The molecule has 3 atom stereocenters. The van der Waals surface area contributed by atoms with Gasteiger partial charge in [-0.15, -0.1) is 0 Å². The summed E-state index contributed by atoms with van der Waals surface area (Å²) >= 11 is 20.8. The molecule has 1 saturated heterocycles. The Morgan fingerprint density at radius 3 is 2.53 bits per heavy atom. The minimum absolute atomic E-state index is 0.190. The predicted molar refractivity (Wildman–Crippen MR) is 137 cm³/mol. The zero-order valence-corrected chi connectivity index (χ0v) is 22.6. The minimum atomic E-state index is -1.73. The van der Waals surface area contributed by atoms with Gasteiger partial charge < -0.3 is 9.64 Å². The van der Waals surface area contributed by atoms with Crippen molar-refractivity contribution in [1.29, 1.82) is 0 Å². The Labute approximate surface area is 230 Å². The molecule has 2 aliphatic heterocycles. The molecule has 0 radical (unpaired) electrons. The number of amides is 3. The highest BCUT2D eigenvalue weighted by atomic mass is 79.9. The van der Waals surface area contributed by atoms with Crippen molar-refractivity contribution in [2.24, 2.45) is 0 Å². The summed E-state index contributed by atoms with van der Waals surface area (Å²) in [6.45, 7) is -0.120. The standard InChI is InChI=1S/C25H20BrCl3N2O5/c26-16-4-2-15(3-5-16)24(23(35)36-12-25(27,28)29)10-18(24)13-1-6-17-14(9-13)11-31(22(17)34)19-7-8-20(32)30-21(19)33/h1-6,9,18-19H,7-8,10-12H2,(H,30,32,33)/t18-,19?,24-/m1/s1. The van der Waals surface area contributed by atoms with Crippen LogP contribution in [-0.4, -0.2) is 45.0 Å². The molecule has 36 heavy (non-hydrogen) atoms. The molecule has 2 aromatic carbocycles. The fourth-order valence-corrected chi connectivity index (χ4v) is 5.59. The highest BCUT2D eigenvalue weighted by molar-refractivity contribution is 9.10. The lowest BCUT2D eigenvalue weighted by atomic mass is 9.90. The van der Waals surface area contributed by atoms with Gasteiger partial charge in [0.25, 0.3) is 5.91 Å². The van der Waals surface area contributed by atoms with Crippen molar-refractivity contribution in [3.8, 4) is 0 Å². The lowest BCUT2D eigenvalue weighted by molar-refractivity contribution is -0.147. The molecule has 1 saturated carbocycles. The van der Waals surface area contributed by atoms with Gasteiger partial charge in [0.15, 0.2) is 0 Å². The molecule has 1 unspecified atom stereocenters. The van der Waals surface area contributed by atoms with E-state index in [1.165, 1.54) is 4.90 Å². The van der Waals surface area contributed by atoms with Crippen molar-refractivity contribution in [1.82, 2.24) is 10.2 Å². The van der Waals surface area contributed by atoms with Crippen molar-refractivity contribution >= 4 is 74.4 Å². The third-order valence-corrected chi connectivity index (χ3v) is 7.86. The number of esters is 1. The van der Waals surface area contributed by atoms with Gasteiger partial charge in [-0.1, -0.05) is 75.0 Å². The van der Waals surface area contributed by atoms with Crippen molar-refractivity contribution in [2.45, 2.75) is 47.0 Å². The molecule has 0 spiro atoms. The van der Waals surface area contributed by atoms with E-state index in [2.05, 4.69) is 21.2 Å². The first-order valence-electron chi connectivity index (χ1n) is 11.3. The molecule has 11 heteroatoms. The van der Waals surface area contributed by atoms with Gasteiger partial charge in [0.05, 0.1) is 0 Å². The number of hydrogen-bond donors (Lipinski definition) is 1. The zero-order valence-electron chi connectivity index (χ0n) is 18.7. The summed E-state index contributed by atoms with van der Waals surface area (Å²) in [7, 11) is 0. The van der Waals surface area contributed by atoms with Crippen LogP contribution in [0.1, 0.15) is 52.2 Å². The number of halogens is 4. The average Bonchev–Trinajstić information content (AvgIpc) is 3.50. The van der Waals surface area contributed by atoms with Crippen LogP contribution >= 0.6 is 50.7 Å². The predicted octanol–water partition coefficient (Wildman–Crippen LogP) is 4.55. The molecule has 0 bridgehead atoms. The molecule has 188 valence electrons. The van der Waals surface area contributed by atoms with Crippen LogP contribution in [0.3, 0.4) is 0 Å². The number of nitrogens with zero attached hydrogens (tertiary/aromatic N) is 1. The maximum Gasteiger partial charge on any atom is 0.317 e. The molecule has 2 aromatic rings. The summed E-state index contributed by atoms with van der Waals surface area (Å²) in [6, 6.07) is 12.2. The first-order valence-corrected chi connectivity index (χ1v) is 13.2. The summed E-state index contributed by atoms with van der Waals surface area (Å²) in [4.78, 5) is 51.7. The summed E-state index contributed by atoms with van der Waals surface area (Å²) in [5.41, 5.74) is 1.99. The fraction of sp³-hybridized carbons (Fsp3) is 0.360. The molecule has 1 aliphatic carbocycles. The van der Waals surface area contributed by atoms with E-state index in [1.54, 1.807) is 6.07 Å². The maximum atomic E-state index is 13.3. The topological polar surface area (TPSA) is 92.8 Å². The number of nitrogens with one attached hydrogen (secondary N) is 1. The second-order valence-electron chi connectivity index (χ2n) is 9.24. The Balaban J connectivity index is 1.42. The van der Waals surface area contributed by atoms with E-state index in [9.17, 15) is 19.2 Å². The van der Waals surface area contributed by atoms with E-state index in [1.807, 2.05) is 36.4 Å². The van der Waals surface area contributed by atoms with Gasteiger partial charge in [-0.05, 0) is 47.7 Å². The van der Waals surface area contributed by atoms with Crippen molar-refractivity contribution in [3.05, 3.63) is 69.2 Å². The van der Waals surface area contributed by atoms with E-state index in [0.29, 0.717) is 18.4 Å². The molecule has 2 fully saturated rings. The largest absolute Gasteiger partial charge is 0.460 e. The Morgan fingerprint density at radius 2 is 1.86 bits per heavy atom. The van der Waals surface area contributed by atoms with Crippen molar-refractivity contribution < 1.29 is 23.9 Å². The van der Waals surface area contributed by atoms with Gasteiger partial charge in [-0.25, -0.2) is 0 Å². The Bertz CT molecular complexity index is 1280. The van der Waals surface area contributed by atoms with Crippen LogP contribution in [-0.2, 0) is 31.1 Å². The van der Waals surface area contributed by atoms with Crippen LogP contribution in [0, 0.1) is 0 Å². The molecular formula is C25H20BrCl3N2O5. The second kappa shape index (κ2) is 9.31. The summed E-state index contributed by atoms with van der Waals surface area (Å²) in [5, 5.41) is 2.31. The summed E-state index contributed by atoms with van der Waals surface area (Å²) in [6.07, 6.45) is 0.981. The van der Waals surface area contributed by atoms with Gasteiger partial charge >= 0.3 is 5.97 Å². The quantitative estimate of drug-likeness (QED) is 0.303. The Hall–Kier alpha value is -2.13. The Morgan fingerprint density at radius 1 is 1.14 bits per heavy atom. The number of fused-ring (bicyclic) bond motifs is 1. The van der Waals surface area contributed by atoms with E-state index < -0.39 is 27.1 Å². The van der Waals surface area contributed by atoms with Gasteiger partial charge in [0, 0.05) is 28.9 Å². The average molecular weight is 615 g/mol. The number of imide groups is 1. The molecule has 3 aliphatic rings. The third-order valence-electron chi connectivity index (χ3n) is 7.00. The van der Waals surface area contributed by atoms with E-state index in [0.717, 1.165) is 21.2 Å². The van der Waals surface area contributed by atoms with Gasteiger partial charge in [0.2, 0.25) is 15.6 Å². The second-order valence-corrected chi connectivity index (χ2v) is 12.7. The molecule has 0 aromatic heterocycles. The first-order chi connectivity index (χ1) is 17.0. The lowest BCUT2D eigenvalue weighted by Crippen LogP contribution is -2.52. The highest BCUT2D eigenvalue weighted by Gasteiger charge is 2.63. The van der Waals surface area contributed by atoms with E-state index >= 15 is 0 Å². The van der Waals surface area contributed by atoms with Crippen LogP contribution < -0.4 is 5.32 Å². The summed E-state index contributed by atoms with van der Waals surface area (Å²) in [5.74, 6) is -1.72. The van der Waals surface area contributed by atoms with Crippen LogP contribution in [0.2, 0.25) is 0 Å². The van der Waals surface area contributed by atoms with E-state index in [-0.39, 0.29) is 37.3 Å². The SMILES string of the molecule is O=C1CCC(N2Cc3cc([C@H]4C[C@@]4(C(=O)OCC(Cl)(Cl)Cl)c4ccc(Br)cc4)ccc3C2=O)C(=O)N1. The molecule has 7 nitrogen and oxygen atoms in total. The normalized spacial score (nSPS) is 25.4. The molecule has 1 N–H and O–H groups in total. The summed E-state index contributed by atoms with van der Waals surface area (Å²) < 4.78 is 4.56. The number of carbonyl (C=O) groups is 4. The number of hydrogen-bond acceptors (Lipinski definition) is 5. The smallest absolute Gasteiger partial charge is 0.317 e. The van der Waals surface area contributed by atoms with Gasteiger partial charge in [0.1, 0.15) is 18.1 Å². The first kappa shape index (κ1) is 25.5. The molecular weight excluding hydrogens is 595 g/mol. The highest BCUT2D eigenvalue weighted by Crippen LogP contribution is 2.61. The number of benzene rings is 2. The third kappa shape index (κ3) is 4.64. The minimum Gasteiger partial charge on any atom is -0.460 e. The van der Waals surface area contributed by atoms with Gasteiger partial charge in [-0.2, -0.15) is 0 Å². The fourth-order valence-electron chi connectivity index (χ4n) is 5.16. The number of ether oxygens (including phenoxy) is 1. The number of carbonyl (C=O) groups excluding carboxylic acids is 4. The molecule has 2 heterocycles. The van der Waals surface area contributed by atoms with Crippen molar-refractivity contribution in [2.75, 3.05) is 6.61 Å². The number of alkyl halides is 3. The monoisotopic (exact) mass is 612 g/mol. The zero-order chi connectivity index (χ0) is 25.8. The van der Waals surface area contributed by atoms with Crippen LogP contribution in [0.25, 0.3) is 0 Å². The molecule has 5 rings (SSSR count). The van der Waals surface area contributed by atoms with Crippen LogP contribution in [0.5, 0.6) is 0 Å². The van der Waals surface area contributed by atoms with Crippen LogP contribution in [0.15, 0.2) is 46.9 Å². The lowest BCUT2D eigenvalue weighted by Gasteiger charge is -2.29. The van der Waals surface area contributed by atoms with Crippen molar-refractivity contribution in [3.63, 3.8) is 0 Å².